The van der Waals surface area contributed by atoms with Crippen LogP contribution in [-0.4, -0.2) is 17.7 Å². The monoisotopic (exact) mass is 156 g/mol. The van der Waals surface area contributed by atoms with Gasteiger partial charge in [0.05, 0.1) is 0 Å². The zero-order chi connectivity index (χ0) is 8.54. The third kappa shape index (κ3) is 1.18. The van der Waals surface area contributed by atoms with E-state index < -0.39 is 0 Å². The van der Waals surface area contributed by atoms with Crippen molar-refractivity contribution in [3.05, 3.63) is 0 Å². The maximum atomic E-state index is 3.51. The van der Waals surface area contributed by atoms with Gasteiger partial charge in [0.25, 0.3) is 0 Å². The second-order valence-electron chi connectivity index (χ2n) is 3.90. The van der Waals surface area contributed by atoms with E-state index in [4.69, 9.17) is 0 Å². The Labute approximate surface area is 69.8 Å². The number of hydrogen-bond donors (Lipinski definition) is 2. The summed E-state index contributed by atoms with van der Waals surface area (Å²) < 4.78 is 0. The van der Waals surface area contributed by atoms with E-state index in [1.54, 1.807) is 0 Å². The maximum absolute atomic E-state index is 3.51. The quantitative estimate of drug-likeness (QED) is 0.632. The Morgan fingerprint density at radius 2 is 1.36 bits per heavy atom. The lowest BCUT2D eigenvalue weighted by Gasteiger charge is -2.39. The second kappa shape index (κ2) is 2.76. The standard InChI is InChI=1S/C9H20N2/c1-5-8(3)9(4,6-2)11-7-10-8/h10-11H,5-7H2,1-4H3/t8-,9+. The molecule has 2 nitrogen and oxygen atoms in total. The minimum absolute atomic E-state index is 0.280. The second-order valence-corrected chi connectivity index (χ2v) is 3.90. The molecule has 2 atom stereocenters. The molecule has 66 valence electrons. The van der Waals surface area contributed by atoms with Crippen LogP contribution in [0, 0.1) is 0 Å². The smallest absolute Gasteiger partial charge is 0.0464 e. The van der Waals surface area contributed by atoms with Crippen LogP contribution in [0.3, 0.4) is 0 Å². The molecule has 0 bridgehead atoms. The van der Waals surface area contributed by atoms with Crippen molar-refractivity contribution in [1.82, 2.24) is 10.6 Å². The Morgan fingerprint density at radius 1 is 1.00 bits per heavy atom. The van der Waals surface area contributed by atoms with Crippen LogP contribution in [0.2, 0.25) is 0 Å². The van der Waals surface area contributed by atoms with E-state index in [0.717, 1.165) is 6.67 Å². The van der Waals surface area contributed by atoms with Gasteiger partial charge < -0.3 is 0 Å². The summed E-state index contributed by atoms with van der Waals surface area (Å²) in [7, 11) is 0. The normalized spacial score (nSPS) is 44.7. The molecule has 0 aromatic heterocycles. The molecule has 2 heteroatoms. The first-order valence-electron chi connectivity index (χ1n) is 4.58. The molecule has 2 N–H and O–H groups in total. The molecular formula is C9H20N2. The van der Waals surface area contributed by atoms with Crippen molar-refractivity contribution >= 4 is 0 Å². The van der Waals surface area contributed by atoms with Gasteiger partial charge in [-0.05, 0) is 26.7 Å². The fourth-order valence-corrected chi connectivity index (χ4v) is 1.85. The predicted molar refractivity (Wildman–Crippen MR) is 48.5 cm³/mol. The number of nitrogens with one attached hydrogen (secondary N) is 2. The van der Waals surface area contributed by atoms with Crippen LogP contribution in [-0.2, 0) is 0 Å². The van der Waals surface area contributed by atoms with Gasteiger partial charge in [0.2, 0.25) is 0 Å². The summed E-state index contributed by atoms with van der Waals surface area (Å²) in [5.41, 5.74) is 0.559. The number of hydrogen-bond acceptors (Lipinski definition) is 2. The molecule has 0 spiro atoms. The van der Waals surface area contributed by atoms with Crippen LogP contribution >= 0.6 is 0 Å². The van der Waals surface area contributed by atoms with Gasteiger partial charge in [-0.1, -0.05) is 13.8 Å². The summed E-state index contributed by atoms with van der Waals surface area (Å²) in [5, 5.41) is 7.03. The van der Waals surface area contributed by atoms with Gasteiger partial charge in [-0.25, -0.2) is 0 Å². The van der Waals surface area contributed by atoms with Crippen LogP contribution < -0.4 is 10.6 Å². The topological polar surface area (TPSA) is 24.1 Å². The van der Waals surface area contributed by atoms with Crippen molar-refractivity contribution in [1.29, 1.82) is 0 Å². The van der Waals surface area contributed by atoms with Crippen LogP contribution in [0.4, 0.5) is 0 Å². The van der Waals surface area contributed by atoms with Crippen molar-refractivity contribution in [2.24, 2.45) is 0 Å². The molecule has 1 saturated heterocycles. The van der Waals surface area contributed by atoms with Gasteiger partial charge in [-0.15, -0.1) is 0 Å². The summed E-state index contributed by atoms with van der Waals surface area (Å²) >= 11 is 0. The molecule has 0 unspecified atom stereocenters. The minimum Gasteiger partial charge on any atom is -0.297 e. The fourth-order valence-electron chi connectivity index (χ4n) is 1.85. The molecular weight excluding hydrogens is 136 g/mol. The predicted octanol–water partition coefficient (Wildman–Crippen LogP) is 1.47. The van der Waals surface area contributed by atoms with E-state index in [1.807, 2.05) is 0 Å². The van der Waals surface area contributed by atoms with Crippen LogP contribution in [0.25, 0.3) is 0 Å². The molecule has 1 aliphatic rings. The maximum Gasteiger partial charge on any atom is 0.0464 e. The van der Waals surface area contributed by atoms with E-state index >= 15 is 0 Å². The van der Waals surface area contributed by atoms with Crippen LogP contribution in [0.15, 0.2) is 0 Å². The molecule has 1 aliphatic heterocycles. The summed E-state index contributed by atoms with van der Waals surface area (Å²) in [4.78, 5) is 0. The minimum atomic E-state index is 0.280. The van der Waals surface area contributed by atoms with Crippen molar-refractivity contribution in [2.75, 3.05) is 6.67 Å². The van der Waals surface area contributed by atoms with Crippen LogP contribution in [0.5, 0.6) is 0 Å². The first kappa shape index (κ1) is 9.01. The Bertz CT molecular complexity index is 130. The highest BCUT2D eigenvalue weighted by molar-refractivity contribution is 5.08. The molecule has 0 aliphatic carbocycles. The van der Waals surface area contributed by atoms with Gasteiger partial charge in [0.1, 0.15) is 0 Å². The molecule has 0 radical (unpaired) electrons. The summed E-state index contributed by atoms with van der Waals surface area (Å²) in [6, 6.07) is 0. The first-order chi connectivity index (χ1) is 5.08. The lowest BCUT2D eigenvalue weighted by molar-refractivity contribution is 0.232. The highest BCUT2D eigenvalue weighted by Crippen LogP contribution is 2.31. The third-order valence-corrected chi connectivity index (χ3v) is 3.59. The molecule has 0 saturated carbocycles. The molecule has 1 rings (SSSR count). The molecule has 1 heterocycles. The van der Waals surface area contributed by atoms with E-state index in [1.165, 1.54) is 12.8 Å². The Hall–Kier alpha value is -0.0800. The highest BCUT2D eigenvalue weighted by Gasteiger charge is 2.45. The average molecular weight is 156 g/mol. The summed E-state index contributed by atoms with van der Waals surface area (Å²) in [6.45, 7) is 10.0. The first-order valence-corrected chi connectivity index (χ1v) is 4.58. The van der Waals surface area contributed by atoms with E-state index in [-0.39, 0.29) is 11.1 Å². The van der Waals surface area contributed by atoms with Gasteiger partial charge in [0.15, 0.2) is 0 Å². The van der Waals surface area contributed by atoms with Crippen molar-refractivity contribution in [3.63, 3.8) is 0 Å². The van der Waals surface area contributed by atoms with Crippen LogP contribution in [0.1, 0.15) is 40.5 Å². The zero-order valence-electron chi connectivity index (χ0n) is 8.12. The average Bonchev–Trinajstić information content (AvgIpc) is 2.31. The molecule has 0 amide bonds. The lowest BCUT2D eigenvalue weighted by atomic mass is 9.77. The van der Waals surface area contributed by atoms with E-state index in [0.29, 0.717) is 0 Å². The van der Waals surface area contributed by atoms with E-state index in [2.05, 4.69) is 38.3 Å². The Kier molecular flexibility index (Phi) is 2.26. The molecule has 1 fully saturated rings. The summed E-state index contributed by atoms with van der Waals surface area (Å²) in [5.74, 6) is 0. The molecule has 0 aromatic carbocycles. The van der Waals surface area contributed by atoms with Gasteiger partial charge in [-0.2, -0.15) is 0 Å². The molecule has 0 aromatic rings. The number of rotatable bonds is 2. The van der Waals surface area contributed by atoms with Gasteiger partial charge in [-0.3, -0.25) is 10.6 Å². The largest absolute Gasteiger partial charge is 0.297 e. The highest BCUT2D eigenvalue weighted by atomic mass is 15.3. The Morgan fingerprint density at radius 3 is 1.64 bits per heavy atom. The molecule has 11 heavy (non-hydrogen) atoms. The van der Waals surface area contributed by atoms with Crippen molar-refractivity contribution in [2.45, 2.75) is 51.6 Å². The zero-order valence-corrected chi connectivity index (χ0v) is 8.12. The fraction of sp³-hybridized carbons (Fsp3) is 1.00. The van der Waals surface area contributed by atoms with Crippen molar-refractivity contribution < 1.29 is 0 Å². The van der Waals surface area contributed by atoms with E-state index in [9.17, 15) is 0 Å². The third-order valence-electron chi connectivity index (χ3n) is 3.59. The van der Waals surface area contributed by atoms with Gasteiger partial charge >= 0.3 is 0 Å². The summed E-state index contributed by atoms with van der Waals surface area (Å²) in [6.07, 6.45) is 2.37. The van der Waals surface area contributed by atoms with Crippen molar-refractivity contribution in [3.8, 4) is 0 Å². The SMILES string of the molecule is CC[C@@]1(C)NCN[C@@]1(C)CC. The lowest BCUT2D eigenvalue weighted by Crippen LogP contribution is -2.55. The van der Waals surface area contributed by atoms with Gasteiger partial charge in [0, 0.05) is 17.7 Å². The Balaban J connectivity index is 2.79.